The first kappa shape index (κ1) is 14.7. The average Bonchev–Trinajstić information content (AvgIpc) is 2.73. The summed E-state index contributed by atoms with van der Waals surface area (Å²) in [5.74, 6) is -1.04. The minimum atomic E-state index is -1.29. The number of aliphatic hydroxyl groups excluding tert-OH is 3. The number of ether oxygens (including phenoxy) is 1. The number of aliphatic hydroxyl groups is 3. The van der Waals surface area contributed by atoms with Crippen LogP contribution >= 0.6 is 0 Å². The second-order valence-corrected chi connectivity index (χ2v) is 4.31. The van der Waals surface area contributed by atoms with Crippen molar-refractivity contribution >= 4 is 11.7 Å². The average molecular weight is 285 g/mol. The first-order valence-electron chi connectivity index (χ1n) is 5.90. The van der Waals surface area contributed by atoms with Gasteiger partial charge in [-0.3, -0.25) is 5.48 Å². The summed E-state index contributed by atoms with van der Waals surface area (Å²) in [6, 6.07) is 5.71. The smallest absolute Gasteiger partial charge is 0.335 e. The van der Waals surface area contributed by atoms with Crippen molar-refractivity contribution in [2.45, 2.75) is 24.6 Å². The van der Waals surface area contributed by atoms with Crippen LogP contribution in [0.3, 0.4) is 0 Å². The van der Waals surface area contributed by atoms with E-state index in [1.807, 2.05) is 0 Å². The van der Waals surface area contributed by atoms with Gasteiger partial charge in [0.1, 0.15) is 18.3 Å². The maximum atomic E-state index is 10.7. The molecule has 1 unspecified atom stereocenters. The summed E-state index contributed by atoms with van der Waals surface area (Å²) in [6.45, 7) is -0.439. The van der Waals surface area contributed by atoms with E-state index >= 15 is 0 Å². The van der Waals surface area contributed by atoms with Crippen molar-refractivity contribution in [3.05, 3.63) is 29.8 Å². The number of hydrogen-bond donors (Lipinski definition) is 5. The summed E-state index contributed by atoms with van der Waals surface area (Å²) >= 11 is 0. The molecule has 8 nitrogen and oxygen atoms in total. The Morgan fingerprint density at radius 1 is 1.25 bits per heavy atom. The summed E-state index contributed by atoms with van der Waals surface area (Å²) in [7, 11) is 0. The zero-order chi connectivity index (χ0) is 14.7. The molecule has 5 N–H and O–H groups in total. The van der Waals surface area contributed by atoms with Gasteiger partial charge in [-0.1, -0.05) is 0 Å². The Hall–Kier alpha value is -1.71. The summed E-state index contributed by atoms with van der Waals surface area (Å²) < 4.78 is 5.09. The third kappa shape index (κ3) is 3.06. The Labute approximate surface area is 114 Å². The molecule has 1 aromatic rings. The summed E-state index contributed by atoms with van der Waals surface area (Å²) in [4.78, 5) is 15.7. The first-order chi connectivity index (χ1) is 9.52. The molecule has 110 valence electrons. The Morgan fingerprint density at radius 3 is 2.40 bits per heavy atom. The highest BCUT2D eigenvalue weighted by Crippen LogP contribution is 2.22. The predicted octanol–water partition coefficient (Wildman–Crippen LogP) is -0.833. The second kappa shape index (κ2) is 6.16. The third-order valence-electron chi connectivity index (χ3n) is 2.92. The summed E-state index contributed by atoms with van der Waals surface area (Å²) in [5.41, 5.74) is 3.06. The molecule has 0 spiro atoms. The highest BCUT2D eigenvalue weighted by Gasteiger charge is 2.43. The second-order valence-electron chi connectivity index (χ2n) is 4.31. The van der Waals surface area contributed by atoms with Crippen molar-refractivity contribution in [1.82, 2.24) is 0 Å². The summed E-state index contributed by atoms with van der Waals surface area (Å²) in [5, 5.41) is 36.8. The monoisotopic (exact) mass is 285 g/mol. The van der Waals surface area contributed by atoms with Crippen molar-refractivity contribution in [2.24, 2.45) is 0 Å². The highest BCUT2D eigenvalue weighted by molar-refractivity contribution is 5.87. The normalized spacial score (nSPS) is 29.4. The van der Waals surface area contributed by atoms with Gasteiger partial charge in [-0.05, 0) is 24.3 Å². The molecule has 1 aromatic carbocycles. The van der Waals surface area contributed by atoms with Crippen LogP contribution in [0.15, 0.2) is 24.3 Å². The molecule has 1 fully saturated rings. The predicted molar refractivity (Wildman–Crippen MR) is 65.9 cm³/mol. The molecule has 1 saturated heterocycles. The van der Waals surface area contributed by atoms with Crippen LogP contribution in [0.4, 0.5) is 5.69 Å². The maximum absolute atomic E-state index is 10.7. The first-order valence-corrected chi connectivity index (χ1v) is 5.90. The van der Waals surface area contributed by atoms with Gasteiger partial charge in [0.05, 0.1) is 17.9 Å². The molecule has 1 heterocycles. The Kier molecular flexibility index (Phi) is 4.53. The summed E-state index contributed by atoms with van der Waals surface area (Å²) in [6.07, 6.45) is -4.58. The van der Waals surface area contributed by atoms with E-state index in [1.54, 1.807) is 0 Å². The Bertz CT molecular complexity index is 463. The number of anilines is 1. The highest BCUT2D eigenvalue weighted by atomic mass is 16.8. The van der Waals surface area contributed by atoms with Gasteiger partial charge < -0.3 is 25.2 Å². The van der Waals surface area contributed by atoms with Gasteiger partial charge in [0, 0.05) is 0 Å². The van der Waals surface area contributed by atoms with Crippen molar-refractivity contribution in [3.63, 3.8) is 0 Å². The largest absolute Gasteiger partial charge is 0.478 e. The molecule has 0 bridgehead atoms. The zero-order valence-corrected chi connectivity index (χ0v) is 10.3. The van der Waals surface area contributed by atoms with E-state index in [9.17, 15) is 15.0 Å². The van der Waals surface area contributed by atoms with Crippen molar-refractivity contribution < 1.29 is 34.8 Å². The van der Waals surface area contributed by atoms with Crippen LogP contribution in [0.2, 0.25) is 0 Å². The fourth-order valence-electron chi connectivity index (χ4n) is 1.77. The molecular weight excluding hydrogens is 270 g/mol. The number of carboxylic acid groups (broad SMARTS) is 1. The topological polar surface area (TPSA) is 128 Å². The zero-order valence-electron chi connectivity index (χ0n) is 10.3. The van der Waals surface area contributed by atoms with E-state index in [4.69, 9.17) is 19.8 Å². The molecule has 2 rings (SSSR count). The molecule has 0 amide bonds. The molecule has 0 aliphatic carbocycles. The van der Waals surface area contributed by atoms with Crippen LogP contribution in [0.1, 0.15) is 10.4 Å². The quantitative estimate of drug-likeness (QED) is 0.443. The number of hydrogen-bond acceptors (Lipinski definition) is 7. The molecule has 0 aromatic heterocycles. The number of nitrogens with one attached hydrogen (secondary N) is 1. The molecule has 0 saturated carbocycles. The Morgan fingerprint density at radius 2 is 1.90 bits per heavy atom. The number of benzene rings is 1. The van der Waals surface area contributed by atoms with E-state index in [-0.39, 0.29) is 5.56 Å². The van der Waals surface area contributed by atoms with Gasteiger partial charge in [0.15, 0.2) is 0 Å². The molecule has 8 heteroatoms. The van der Waals surface area contributed by atoms with Crippen molar-refractivity contribution in [3.8, 4) is 0 Å². The van der Waals surface area contributed by atoms with E-state index in [2.05, 4.69) is 5.48 Å². The minimum absolute atomic E-state index is 0.128. The van der Waals surface area contributed by atoms with E-state index < -0.39 is 37.2 Å². The van der Waals surface area contributed by atoms with Gasteiger partial charge in [0.25, 0.3) is 0 Å². The van der Waals surface area contributed by atoms with Gasteiger partial charge in [0.2, 0.25) is 6.29 Å². The lowest BCUT2D eigenvalue weighted by Crippen LogP contribution is -2.35. The van der Waals surface area contributed by atoms with Crippen LogP contribution in [-0.4, -0.2) is 57.6 Å². The van der Waals surface area contributed by atoms with Gasteiger partial charge in [-0.15, -0.1) is 0 Å². The molecule has 1 aliphatic heterocycles. The lowest BCUT2D eigenvalue weighted by molar-refractivity contribution is -0.153. The molecular formula is C12H15NO7. The third-order valence-corrected chi connectivity index (χ3v) is 2.92. The molecule has 1 aliphatic rings. The van der Waals surface area contributed by atoms with Crippen LogP contribution in [0.5, 0.6) is 0 Å². The fraction of sp³-hybridized carbons (Fsp3) is 0.417. The number of carbonyl (C=O) groups is 1. The standard InChI is InChI=1S/C12H15NO7/c14-5-8-9(15)10(16)12(19-8)20-13-7-3-1-6(2-4-7)11(17)18/h1-4,8-10,12-16H,5H2,(H,17,18)/t8-,9-,10+,12?/m1/s1. The minimum Gasteiger partial charge on any atom is -0.478 e. The molecule has 20 heavy (non-hydrogen) atoms. The molecule has 4 atom stereocenters. The molecule has 0 radical (unpaired) electrons. The SMILES string of the molecule is O=C(O)c1ccc(NOC2O[C@H](CO)[C@@H](O)[C@@H]2O)cc1. The Balaban J connectivity index is 1.91. The van der Waals surface area contributed by atoms with E-state index in [1.165, 1.54) is 24.3 Å². The van der Waals surface area contributed by atoms with Gasteiger partial charge >= 0.3 is 5.97 Å². The van der Waals surface area contributed by atoms with Crippen molar-refractivity contribution in [2.75, 3.05) is 12.1 Å². The van der Waals surface area contributed by atoms with Crippen LogP contribution in [0.25, 0.3) is 0 Å². The van der Waals surface area contributed by atoms with Crippen LogP contribution in [-0.2, 0) is 9.57 Å². The van der Waals surface area contributed by atoms with Gasteiger partial charge in [-0.25, -0.2) is 9.63 Å². The van der Waals surface area contributed by atoms with E-state index in [0.29, 0.717) is 5.69 Å². The lowest BCUT2D eigenvalue weighted by Gasteiger charge is -2.16. The maximum Gasteiger partial charge on any atom is 0.335 e. The van der Waals surface area contributed by atoms with Crippen LogP contribution < -0.4 is 5.48 Å². The lowest BCUT2D eigenvalue weighted by atomic mass is 10.1. The number of aromatic carboxylic acids is 1. The van der Waals surface area contributed by atoms with Gasteiger partial charge in [-0.2, -0.15) is 0 Å². The van der Waals surface area contributed by atoms with E-state index in [0.717, 1.165) is 0 Å². The fourth-order valence-corrected chi connectivity index (χ4v) is 1.77. The van der Waals surface area contributed by atoms with Crippen LogP contribution in [0, 0.1) is 0 Å². The number of carboxylic acids is 1. The number of rotatable bonds is 5. The van der Waals surface area contributed by atoms with Crippen molar-refractivity contribution in [1.29, 1.82) is 0 Å².